The predicted octanol–water partition coefficient (Wildman–Crippen LogP) is 8.23. The molecule has 0 aliphatic heterocycles. The van der Waals surface area contributed by atoms with E-state index in [0.29, 0.717) is 24.1 Å². The Labute approximate surface area is 227 Å². The summed E-state index contributed by atoms with van der Waals surface area (Å²) >= 11 is 0. The van der Waals surface area contributed by atoms with Gasteiger partial charge in [0.1, 0.15) is 5.82 Å². The number of nitrogens with zero attached hydrogens (tertiary/aromatic N) is 2. The van der Waals surface area contributed by atoms with Crippen molar-refractivity contribution < 1.29 is 22.7 Å². The molecule has 1 aromatic heterocycles. The average molecular weight is 539 g/mol. The summed E-state index contributed by atoms with van der Waals surface area (Å²) in [6.07, 6.45) is 0.718. The van der Waals surface area contributed by atoms with E-state index in [1.807, 2.05) is 0 Å². The molecule has 1 saturated carbocycles. The van der Waals surface area contributed by atoms with Gasteiger partial charge in [-0.3, -0.25) is 9.98 Å². The van der Waals surface area contributed by atoms with E-state index in [2.05, 4.69) is 18.8 Å². The molecular formula is C32H34F4N2O. The Morgan fingerprint density at radius 2 is 1.67 bits per heavy atom. The molecule has 0 bridgehead atoms. The maximum absolute atomic E-state index is 14.0. The normalized spacial score (nSPS) is 19.8. The predicted molar refractivity (Wildman–Crippen MR) is 146 cm³/mol. The van der Waals surface area contributed by atoms with E-state index in [0.717, 1.165) is 77.9 Å². The Morgan fingerprint density at radius 3 is 2.26 bits per heavy atom. The molecule has 1 heterocycles. The third-order valence-corrected chi connectivity index (χ3v) is 8.21. The summed E-state index contributed by atoms with van der Waals surface area (Å²) < 4.78 is 53.6. The molecule has 3 nitrogen and oxygen atoms in total. The quantitative estimate of drug-likeness (QED) is 0.263. The Hall–Kier alpha value is -3.06. The number of aromatic nitrogens is 1. The van der Waals surface area contributed by atoms with Crippen molar-refractivity contribution in [2.45, 2.75) is 77.0 Å². The van der Waals surface area contributed by atoms with Gasteiger partial charge in [0.2, 0.25) is 0 Å². The van der Waals surface area contributed by atoms with Crippen LogP contribution >= 0.6 is 0 Å². The second-order valence-corrected chi connectivity index (χ2v) is 11.7. The molecule has 0 amide bonds. The minimum Gasteiger partial charge on any atom is -0.388 e. The number of halogens is 4. The Bertz CT molecular complexity index is 1370. The van der Waals surface area contributed by atoms with Crippen molar-refractivity contribution >= 4 is 5.71 Å². The highest BCUT2D eigenvalue weighted by molar-refractivity contribution is 6.03. The number of aliphatic hydroxyl groups excluding tert-OH is 1. The molecule has 39 heavy (non-hydrogen) atoms. The lowest BCUT2D eigenvalue weighted by Crippen LogP contribution is -2.29. The van der Waals surface area contributed by atoms with Crippen LogP contribution in [0.5, 0.6) is 0 Å². The number of hydrogen-bond acceptors (Lipinski definition) is 3. The highest BCUT2D eigenvalue weighted by Gasteiger charge is 2.37. The first-order valence-corrected chi connectivity index (χ1v) is 13.6. The molecule has 1 unspecified atom stereocenters. The molecule has 5 rings (SSSR count). The summed E-state index contributed by atoms with van der Waals surface area (Å²) in [6, 6.07) is 11.4. The van der Waals surface area contributed by atoms with Gasteiger partial charge in [0, 0.05) is 42.0 Å². The highest BCUT2D eigenvalue weighted by atomic mass is 19.4. The summed E-state index contributed by atoms with van der Waals surface area (Å²) in [5, 5.41) is 11.4. The lowest BCUT2D eigenvalue weighted by atomic mass is 9.71. The Kier molecular flexibility index (Phi) is 7.40. The summed E-state index contributed by atoms with van der Waals surface area (Å²) in [5.41, 5.74) is 5.63. The van der Waals surface area contributed by atoms with Gasteiger partial charge in [-0.25, -0.2) is 4.39 Å². The molecule has 0 radical (unpaired) electrons. The zero-order valence-electron chi connectivity index (χ0n) is 22.6. The summed E-state index contributed by atoms with van der Waals surface area (Å²) in [4.78, 5) is 9.74. The lowest BCUT2D eigenvalue weighted by molar-refractivity contribution is -0.137. The van der Waals surface area contributed by atoms with Crippen LogP contribution in [0.3, 0.4) is 0 Å². The first kappa shape index (κ1) is 27.5. The first-order chi connectivity index (χ1) is 18.5. The van der Waals surface area contributed by atoms with Crippen LogP contribution in [0, 0.1) is 11.2 Å². The van der Waals surface area contributed by atoms with Gasteiger partial charge in [0.25, 0.3) is 0 Å². The van der Waals surface area contributed by atoms with Crippen molar-refractivity contribution in [3.63, 3.8) is 0 Å². The molecule has 1 N–H and O–H groups in total. The Balaban J connectivity index is 1.71. The van der Waals surface area contributed by atoms with Crippen LogP contribution in [0.4, 0.5) is 17.6 Å². The molecule has 206 valence electrons. The molecule has 1 atom stereocenters. The van der Waals surface area contributed by atoms with Gasteiger partial charge in [-0.1, -0.05) is 51.0 Å². The number of rotatable bonds is 5. The number of pyridine rings is 1. The van der Waals surface area contributed by atoms with Crippen molar-refractivity contribution in [1.29, 1.82) is 0 Å². The second kappa shape index (κ2) is 10.5. The molecule has 2 aromatic carbocycles. The van der Waals surface area contributed by atoms with Gasteiger partial charge in [0.15, 0.2) is 0 Å². The van der Waals surface area contributed by atoms with Crippen molar-refractivity contribution in [2.24, 2.45) is 10.4 Å². The van der Waals surface area contributed by atoms with Gasteiger partial charge in [0.05, 0.1) is 11.7 Å². The monoisotopic (exact) mass is 538 g/mol. The molecule has 7 heteroatoms. The van der Waals surface area contributed by atoms with Gasteiger partial charge < -0.3 is 5.11 Å². The summed E-state index contributed by atoms with van der Waals surface area (Å²) in [7, 11) is 1.64. The number of fused-ring (bicyclic) bond motifs is 1. The fraction of sp³-hybridized carbons (Fsp3) is 0.438. The van der Waals surface area contributed by atoms with Crippen LogP contribution in [0.25, 0.3) is 11.1 Å². The fourth-order valence-corrected chi connectivity index (χ4v) is 6.34. The third kappa shape index (κ3) is 5.65. The van der Waals surface area contributed by atoms with Crippen LogP contribution in [-0.4, -0.2) is 22.8 Å². The largest absolute Gasteiger partial charge is 0.416 e. The van der Waals surface area contributed by atoms with E-state index in [1.54, 1.807) is 19.2 Å². The van der Waals surface area contributed by atoms with Crippen LogP contribution in [0.1, 0.15) is 91.6 Å². The maximum atomic E-state index is 14.0. The fourth-order valence-electron chi connectivity index (χ4n) is 6.34. The lowest BCUT2D eigenvalue weighted by Gasteiger charge is -2.37. The number of alkyl halides is 3. The topological polar surface area (TPSA) is 45.5 Å². The minimum atomic E-state index is -4.42. The summed E-state index contributed by atoms with van der Waals surface area (Å²) in [6.45, 7) is 4.27. The first-order valence-electron chi connectivity index (χ1n) is 13.6. The van der Waals surface area contributed by atoms with Gasteiger partial charge in [-0.2, -0.15) is 13.2 Å². The zero-order valence-corrected chi connectivity index (χ0v) is 22.6. The van der Waals surface area contributed by atoms with Gasteiger partial charge >= 0.3 is 6.18 Å². The molecule has 1 fully saturated rings. The molecule has 2 aliphatic rings. The van der Waals surface area contributed by atoms with E-state index in [1.165, 1.54) is 24.3 Å². The number of benzene rings is 2. The molecule has 0 saturated heterocycles. The van der Waals surface area contributed by atoms with E-state index in [4.69, 9.17) is 4.98 Å². The van der Waals surface area contributed by atoms with Gasteiger partial charge in [-0.05, 0) is 77.6 Å². The summed E-state index contributed by atoms with van der Waals surface area (Å²) in [5.74, 6) is -0.0983. The maximum Gasteiger partial charge on any atom is 0.416 e. The molecular weight excluding hydrogens is 504 g/mol. The molecule has 2 aliphatic carbocycles. The molecule has 0 spiro atoms. The smallest absolute Gasteiger partial charge is 0.388 e. The third-order valence-electron chi connectivity index (χ3n) is 8.21. The van der Waals surface area contributed by atoms with Crippen LogP contribution < -0.4 is 0 Å². The minimum absolute atomic E-state index is 0.121. The second-order valence-electron chi connectivity index (χ2n) is 11.7. The number of aliphatic hydroxyl groups is 1. The van der Waals surface area contributed by atoms with E-state index < -0.39 is 17.8 Å². The van der Waals surface area contributed by atoms with E-state index >= 15 is 0 Å². The average Bonchev–Trinajstić information content (AvgIpc) is 3.41. The SMILES string of the molecule is CN=C(Cc1c(C2CCCC2)nc2c(c1-c1ccc(F)cc1)C(O)CC(C)(C)C2)c1ccc(C(F)(F)F)cc1. The van der Waals surface area contributed by atoms with Crippen LogP contribution in [0.15, 0.2) is 53.5 Å². The standard InChI is InChI=1S/C32H34F4N2O/c1-31(2)17-26-29(27(39)18-31)28(20-10-14-23(33)15-11-20)24(30(38-26)21-6-4-5-7-21)16-25(37-3)19-8-12-22(13-9-19)32(34,35)36/h8-15,21,27,39H,4-7,16-18H2,1-3H3. The number of hydrogen-bond donors (Lipinski definition) is 1. The zero-order chi connectivity index (χ0) is 27.9. The van der Waals surface area contributed by atoms with Crippen LogP contribution in [0.2, 0.25) is 0 Å². The number of aliphatic imine (C=N–C) groups is 1. The van der Waals surface area contributed by atoms with Crippen molar-refractivity contribution in [1.82, 2.24) is 4.98 Å². The van der Waals surface area contributed by atoms with Crippen molar-refractivity contribution in [3.8, 4) is 11.1 Å². The van der Waals surface area contributed by atoms with Crippen molar-refractivity contribution in [2.75, 3.05) is 7.05 Å². The van der Waals surface area contributed by atoms with Crippen LogP contribution in [-0.2, 0) is 19.0 Å². The van der Waals surface area contributed by atoms with Gasteiger partial charge in [-0.15, -0.1) is 0 Å². The molecule has 3 aromatic rings. The highest BCUT2D eigenvalue weighted by Crippen LogP contribution is 2.48. The van der Waals surface area contributed by atoms with E-state index in [9.17, 15) is 22.7 Å². The van der Waals surface area contributed by atoms with E-state index in [-0.39, 0.29) is 17.2 Å². The van der Waals surface area contributed by atoms with Crippen molar-refractivity contribution in [3.05, 3.63) is 88.0 Å². The Morgan fingerprint density at radius 1 is 1.03 bits per heavy atom.